The van der Waals surface area contributed by atoms with Crippen molar-refractivity contribution in [2.24, 2.45) is 5.41 Å². The minimum Gasteiger partial charge on any atom is -0.465 e. The van der Waals surface area contributed by atoms with Gasteiger partial charge < -0.3 is 24.6 Å². The minimum absolute atomic E-state index is 0.227. The average molecular weight is 526 g/mol. The SMILES string of the molecule is CN(C(=O)c1cn(C[C@@]2(C(C)(C)C)CCCN2C(=O)O)c2cccc(Cl)c12)C1(O)CCC(F)(F)CC1. The standard InChI is InChI=1S/C26H34ClF2N3O4/c1-23(2,3)24(9-6-14-32(24)22(34)35)16-31-15-17(20-18(27)7-5-8-19(20)31)21(33)30(4)26(36)12-10-25(28,29)11-13-26/h5,7-8,15,36H,6,9-14,16H2,1-4H3,(H,34,35)/t24-/m1/s1. The summed E-state index contributed by atoms with van der Waals surface area (Å²) in [4.78, 5) is 28.5. The van der Waals surface area contributed by atoms with Crippen molar-refractivity contribution in [2.75, 3.05) is 13.6 Å². The number of aromatic nitrogens is 1. The largest absolute Gasteiger partial charge is 0.465 e. The number of hydrogen-bond acceptors (Lipinski definition) is 3. The molecule has 198 valence electrons. The molecule has 1 atom stereocenters. The van der Waals surface area contributed by atoms with Crippen LogP contribution >= 0.6 is 11.6 Å². The van der Waals surface area contributed by atoms with Gasteiger partial charge in [0, 0.05) is 57.4 Å². The van der Waals surface area contributed by atoms with Gasteiger partial charge in [0.2, 0.25) is 5.92 Å². The third-order valence-corrected chi connectivity index (χ3v) is 8.66. The highest BCUT2D eigenvalue weighted by molar-refractivity contribution is 6.36. The minimum atomic E-state index is -2.85. The summed E-state index contributed by atoms with van der Waals surface area (Å²) >= 11 is 6.55. The fourth-order valence-corrected chi connectivity index (χ4v) is 6.21. The van der Waals surface area contributed by atoms with E-state index in [0.717, 1.165) is 11.3 Å². The smallest absolute Gasteiger partial charge is 0.407 e. The lowest BCUT2D eigenvalue weighted by Gasteiger charge is -2.47. The average Bonchev–Trinajstić information content (AvgIpc) is 3.39. The summed E-state index contributed by atoms with van der Waals surface area (Å²) in [7, 11) is 1.42. The maximum atomic E-state index is 13.7. The number of benzene rings is 1. The summed E-state index contributed by atoms with van der Waals surface area (Å²) in [5.41, 5.74) is -1.89. The Bertz CT molecular complexity index is 1180. The van der Waals surface area contributed by atoms with Crippen LogP contribution in [0, 0.1) is 5.41 Å². The van der Waals surface area contributed by atoms with E-state index in [1.807, 2.05) is 31.4 Å². The van der Waals surface area contributed by atoms with Crippen molar-refractivity contribution in [3.8, 4) is 0 Å². The molecule has 1 aromatic carbocycles. The molecule has 1 aromatic heterocycles. The summed E-state index contributed by atoms with van der Waals surface area (Å²) in [5, 5.41) is 21.9. The van der Waals surface area contributed by atoms with Gasteiger partial charge in [-0.1, -0.05) is 38.4 Å². The van der Waals surface area contributed by atoms with E-state index in [1.54, 1.807) is 18.3 Å². The van der Waals surface area contributed by atoms with Crippen molar-refractivity contribution >= 4 is 34.5 Å². The molecule has 2 N–H and O–H groups in total. The first kappa shape index (κ1) is 26.7. The number of aliphatic hydroxyl groups is 1. The van der Waals surface area contributed by atoms with Crippen molar-refractivity contribution < 1.29 is 28.6 Å². The quantitative estimate of drug-likeness (QED) is 0.492. The van der Waals surface area contributed by atoms with Gasteiger partial charge >= 0.3 is 6.09 Å². The highest BCUT2D eigenvalue weighted by Gasteiger charge is 2.52. The molecule has 2 aliphatic rings. The second-order valence-electron chi connectivity index (χ2n) is 11.3. The number of fused-ring (bicyclic) bond motifs is 1. The zero-order valence-corrected chi connectivity index (χ0v) is 21.9. The fraction of sp³-hybridized carbons (Fsp3) is 0.615. The van der Waals surface area contributed by atoms with Crippen LogP contribution in [0.4, 0.5) is 13.6 Å². The molecule has 0 radical (unpaired) electrons. The van der Waals surface area contributed by atoms with Gasteiger partial charge in [-0.3, -0.25) is 4.79 Å². The van der Waals surface area contributed by atoms with Crippen LogP contribution in [-0.2, 0) is 6.54 Å². The number of hydrogen-bond donors (Lipinski definition) is 2. The summed E-state index contributed by atoms with van der Waals surface area (Å²) in [6.45, 7) is 6.79. The van der Waals surface area contributed by atoms with Crippen molar-refractivity contribution in [3.05, 3.63) is 35.0 Å². The van der Waals surface area contributed by atoms with Crippen LogP contribution < -0.4 is 0 Å². The van der Waals surface area contributed by atoms with E-state index in [-0.39, 0.29) is 18.4 Å². The van der Waals surface area contributed by atoms with Gasteiger partial charge in [-0.25, -0.2) is 13.6 Å². The Hall–Kier alpha value is -2.39. The topological polar surface area (TPSA) is 86.0 Å². The van der Waals surface area contributed by atoms with Gasteiger partial charge in [-0.05, 0) is 30.4 Å². The van der Waals surface area contributed by atoms with E-state index < -0.39 is 47.4 Å². The molecule has 10 heteroatoms. The molecule has 36 heavy (non-hydrogen) atoms. The van der Waals surface area contributed by atoms with Gasteiger partial charge in [0.05, 0.1) is 21.6 Å². The number of carboxylic acid groups (broad SMARTS) is 1. The summed E-state index contributed by atoms with van der Waals surface area (Å²) in [6.07, 6.45) is 0.623. The molecule has 1 aliphatic heterocycles. The zero-order valence-electron chi connectivity index (χ0n) is 21.2. The zero-order chi connectivity index (χ0) is 26.7. The Kier molecular flexibility index (Phi) is 6.57. The number of nitrogens with zero attached hydrogens (tertiary/aromatic N) is 3. The molecule has 2 fully saturated rings. The maximum absolute atomic E-state index is 13.7. The molecule has 1 saturated carbocycles. The molecule has 2 heterocycles. The van der Waals surface area contributed by atoms with E-state index >= 15 is 0 Å². The third kappa shape index (κ3) is 4.34. The number of likely N-dealkylation sites (tertiary alicyclic amines) is 1. The van der Waals surface area contributed by atoms with Crippen LogP contribution in [0.2, 0.25) is 5.02 Å². The summed E-state index contributed by atoms with van der Waals surface area (Å²) < 4.78 is 29.3. The summed E-state index contributed by atoms with van der Waals surface area (Å²) in [5.74, 6) is -3.38. The lowest BCUT2D eigenvalue weighted by molar-refractivity contribution is -0.154. The molecular formula is C26H34ClF2N3O4. The number of carbonyl (C=O) groups is 2. The number of halogens is 3. The van der Waals surface area contributed by atoms with E-state index in [2.05, 4.69) is 0 Å². The van der Waals surface area contributed by atoms with Crippen LogP contribution in [-0.4, -0.2) is 67.4 Å². The lowest BCUT2D eigenvalue weighted by atomic mass is 9.71. The number of alkyl halides is 2. The third-order valence-electron chi connectivity index (χ3n) is 8.34. The van der Waals surface area contributed by atoms with Crippen molar-refractivity contribution in [1.29, 1.82) is 0 Å². The lowest BCUT2D eigenvalue weighted by Crippen LogP contribution is -2.57. The number of amides is 2. The number of rotatable bonds is 4. The highest BCUT2D eigenvalue weighted by atomic mass is 35.5. The molecular weight excluding hydrogens is 492 g/mol. The Balaban J connectivity index is 1.77. The van der Waals surface area contributed by atoms with Crippen LogP contribution in [0.15, 0.2) is 24.4 Å². The molecule has 0 unspecified atom stereocenters. The van der Waals surface area contributed by atoms with Gasteiger partial charge in [0.15, 0.2) is 0 Å². The highest BCUT2D eigenvalue weighted by Crippen LogP contribution is 2.46. The maximum Gasteiger partial charge on any atom is 0.407 e. The Morgan fingerprint density at radius 3 is 2.36 bits per heavy atom. The molecule has 1 saturated heterocycles. The molecule has 2 amide bonds. The van der Waals surface area contributed by atoms with Crippen molar-refractivity contribution in [3.63, 3.8) is 0 Å². The van der Waals surface area contributed by atoms with Crippen LogP contribution in [0.1, 0.15) is 69.7 Å². The van der Waals surface area contributed by atoms with Crippen molar-refractivity contribution in [1.82, 2.24) is 14.4 Å². The molecule has 7 nitrogen and oxygen atoms in total. The molecule has 4 rings (SSSR count). The Morgan fingerprint density at radius 2 is 1.78 bits per heavy atom. The van der Waals surface area contributed by atoms with Gasteiger partial charge in [0.1, 0.15) is 5.72 Å². The van der Waals surface area contributed by atoms with Crippen LogP contribution in [0.25, 0.3) is 10.9 Å². The van der Waals surface area contributed by atoms with Crippen LogP contribution in [0.3, 0.4) is 0 Å². The monoisotopic (exact) mass is 525 g/mol. The fourth-order valence-electron chi connectivity index (χ4n) is 5.94. The van der Waals surface area contributed by atoms with E-state index in [9.17, 15) is 28.6 Å². The van der Waals surface area contributed by atoms with E-state index in [1.165, 1.54) is 11.9 Å². The molecule has 0 bridgehead atoms. The first-order valence-corrected chi connectivity index (χ1v) is 12.7. The van der Waals surface area contributed by atoms with Crippen LogP contribution in [0.5, 0.6) is 0 Å². The Labute approximate surface area is 214 Å². The summed E-state index contributed by atoms with van der Waals surface area (Å²) in [6, 6.07) is 5.26. The van der Waals surface area contributed by atoms with Crippen molar-refractivity contribution in [2.45, 2.75) is 83.0 Å². The predicted octanol–water partition coefficient (Wildman–Crippen LogP) is 5.82. The Morgan fingerprint density at radius 1 is 1.14 bits per heavy atom. The van der Waals surface area contributed by atoms with Gasteiger partial charge in [0.25, 0.3) is 5.91 Å². The predicted molar refractivity (Wildman–Crippen MR) is 134 cm³/mol. The van der Waals surface area contributed by atoms with E-state index in [0.29, 0.717) is 35.4 Å². The first-order chi connectivity index (χ1) is 16.6. The molecule has 0 spiro atoms. The molecule has 2 aromatic rings. The van der Waals surface area contributed by atoms with Gasteiger partial charge in [-0.2, -0.15) is 0 Å². The first-order valence-electron chi connectivity index (χ1n) is 12.3. The van der Waals surface area contributed by atoms with E-state index in [4.69, 9.17) is 11.6 Å². The molecule has 1 aliphatic carbocycles. The van der Waals surface area contributed by atoms with Gasteiger partial charge in [-0.15, -0.1) is 0 Å². The normalized spacial score (nSPS) is 23.7. The number of carbonyl (C=O) groups excluding carboxylic acids is 1. The second-order valence-corrected chi connectivity index (χ2v) is 11.7. The second kappa shape index (κ2) is 8.87.